The van der Waals surface area contributed by atoms with Crippen LogP contribution in [0, 0.1) is 17.1 Å². The summed E-state index contributed by atoms with van der Waals surface area (Å²) in [5.74, 6) is -0.382. The Bertz CT molecular complexity index is 1070. The highest BCUT2D eigenvalue weighted by Gasteiger charge is 2.13. The molecular formula is C20H11Br2FN2O2. The minimum absolute atomic E-state index is 0.0145. The highest BCUT2D eigenvalue weighted by atomic mass is 79.9. The Morgan fingerprint density at radius 2 is 1.78 bits per heavy atom. The Hall–Kier alpha value is -2.69. The number of carbonyl (C=O) groups excluding carboxylic acids is 1. The van der Waals surface area contributed by atoms with Crippen LogP contribution in [0.15, 0.2) is 73.5 Å². The third kappa shape index (κ3) is 4.73. The molecule has 3 rings (SSSR count). The van der Waals surface area contributed by atoms with Gasteiger partial charge < -0.3 is 9.73 Å². The number of anilines is 1. The molecule has 0 unspecified atom stereocenters. The van der Waals surface area contributed by atoms with E-state index in [0.29, 0.717) is 16.0 Å². The fraction of sp³-hybridized carbons (Fsp3) is 0. The first-order chi connectivity index (χ1) is 13.0. The highest BCUT2D eigenvalue weighted by molar-refractivity contribution is 9.10. The summed E-state index contributed by atoms with van der Waals surface area (Å²) >= 11 is 6.51. The number of amides is 1. The molecule has 134 valence electrons. The zero-order chi connectivity index (χ0) is 19.4. The predicted molar refractivity (Wildman–Crippen MR) is 108 cm³/mol. The van der Waals surface area contributed by atoms with Gasteiger partial charge in [-0.05, 0) is 42.5 Å². The minimum Gasteiger partial charge on any atom is -0.457 e. The van der Waals surface area contributed by atoms with Gasteiger partial charge in [-0.15, -0.1) is 0 Å². The van der Waals surface area contributed by atoms with Crippen molar-refractivity contribution in [3.8, 4) is 17.4 Å². The van der Waals surface area contributed by atoms with Gasteiger partial charge >= 0.3 is 0 Å². The third-order valence-electron chi connectivity index (χ3n) is 3.59. The molecule has 27 heavy (non-hydrogen) atoms. The van der Waals surface area contributed by atoms with E-state index in [2.05, 4.69) is 37.2 Å². The normalized spacial score (nSPS) is 11.1. The van der Waals surface area contributed by atoms with Crippen LogP contribution < -0.4 is 5.32 Å². The van der Waals surface area contributed by atoms with Gasteiger partial charge in [0, 0.05) is 20.6 Å². The molecule has 4 nitrogen and oxygen atoms in total. The standard InChI is InChI=1S/C20H11Br2FN2O2/c21-14-3-1-12(2-4-14)19-8-6-16(27-19)9-13(11-24)20(26)25-18-7-5-15(22)10-17(18)23/h1-10H,(H,25,26). The van der Waals surface area contributed by atoms with Crippen LogP contribution in [0.1, 0.15) is 5.76 Å². The lowest BCUT2D eigenvalue weighted by atomic mass is 10.2. The number of hydrogen-bond acceptors (Lipinski definition) is 3. The second kappa shape index (κ2) is 8.33. The molecule has 0 saturated carbocycles. The van der Waals surface area contributed by atoms with Crippen molar-refractivity contribution < 1.29 is 13.6 Å². The fourth-order valence-electron chi connectivity index (χ4n) is 2.27. The molecular weight excluding hydrogens is 479 g/mol. The lowest BCUT2D eigenvalue weighted by molar-refractivity contribution is -0.112. The third-order valence-corrected chi connectivity index (χ3v) is 4.61. The summed E-state index contributed by atoms with van der Waals surface area (Å²) in [5, 5.41) is 11.7. The Morgan fingerprint density at radius 1 is 1.07 bits per heavy atom. The highest BCUT2D eigenvalue weighted by Crippen LogP contribution is 2.25. The maximum atomic E-state index is 13.9. The molecule has 0 atom stereocenters. The molecule has 0 spiro atoms. The van der Waals surface area contributed by atoms with E-state index >= 15 is 0 Å². The van der Waals surface area contributed by atoms with Gasteiger partial charge in [-0.3, -0.25) is 4.79 Å². The predicted octanol–water partition coefficient (Wildman–Crippen LogP) is 6.16. The maximum absolute atomic E-state index is 13.9. The number of nitriles is 1. The molecule has 3 aromatic rings. The number of nitrogens with one attached hydrogen (secondary N) is 1. The fourth-order valence-corrected chi connectivity index (χ4v) is 2.87. The monoisotopic (exact) mass is 488 g/mol. The molecule has 7 heteroatoms. The molecule has 0 fully saturated rings. The number of hydrogen-bond donors (Lipinski definition) is 1. The van der Waals surface area contributed by atoms with E-state index in [0.717, 1.165) is 10.0 Å². The number of benzene rings is 2. The van der Waals surface area contributed by atoms with Gasteiger partial charge in [-0.1, -0.05) is 44.0 Å². The number of furan rings is 1. The van der Waals surface area contributed by atoms with Gasteiger partial charge in [0.2, 0.25) is 0 Å². The summed E-state index contributed by atoms with van der Waals surface area (Å²) in [7, 11) is 0. The van der Waals surface area contributed by atoms with Crippen molar-refractivity contribution in [2.24, 2.45) is 0 Å². The first kappa shape index (κ1) is 19.1. The summed E-state index contributed by atoms with van der Waals surface area (Å²) < 4.78 is 21.0. The smallest absolute Gasteiger partial charge is 0.266 e. The van der Waals surface area contributed by atoms with Gasteiger partial charge in [0.25, 0.3) is 5.91 Å². The molecule has 2 aromatic carbocycles. The van der Waals surface area contributed by atoms with E-state index in [9.17, 15) is 14.4 Å². The Kier molecular flexibility index (Phi) is 5.89. The lowest BCUT2D eigenvalue weighted by Crippen LogP contribution is -2.14. The Morgan fingerprint density at radius 3 is 2.44 bits per heavy atom. The zero-order valence-electron chi connectivity index (χ0n) is 13.7. The topological polar surface area (TPSA) is 66.0 Å². The molecule has 0 saturated heterocycles. The van der Waals surface area contributed by atoms with E-state index in [1.165, 1.54) is 18.2 Å². The largest absolute Gasteiger partial charge is 0.457 e. The number of carbonyl (C=O) groups is 1. The van der Waals surface area contributed by atoms with Crippen molar-refractivity contribution in [2.75, 3.05) is 5.32 Å². The molecule has 1 N–H and O–H groups in total. The van der Waals surface area contributed by atoms with Crippen LogP contribution >= 0.6 is 31.9 Å². The van der Waals surface area contributed by atoms with Gasteiger partial charge in [0.15, 0.2) is 0 Å². The summed E-state index contributed by atoms with van der Waals surface area (Å²) in [6.07, 6.45) is 1.31. The van der Waals surface area contributed by atoms with Crippen LogP contribution in [0.4, 0.5) is 10.1 Å². The van der Waals surface area contributed by atoms with E-state index in [-0.39, 0.29) is 11.3 Å². The second-order valence-corrected chi connectivity index (χ2v) is 7.29. The van der Waals surface area contributed by atoms with Gasteiger partial charge in [-0.2, -0.15) is 5.26 Å². The average Bonchev–Trinajstić information content (AvgIpc) is 3.11. The van der Waals surface area contributed by atoms with Crippen molar-refractivity contribution >= 4 is 49.5 Å². The van der Waals surface area contributed by atoms with E-state index in [1.807, 2.05) is 30.3 Å². The van der Waals surface area contributed by atoms with E-state index in [4.69, 9.17) is 4.42 Å². The van der Waals surface area contributed by atoms with Gasteiger partial charge in [-0.25, -0.2) is 4.39 Å². The molecule has 1 aromatic heterocycles. The van der Waals surface area contributed by atoms with Crippen LogP contribution in [0.5, 0.6) is 0 Å². The Labute approximate surface area is 171 Å². The first-order valence-electron chi connectivity index (χ1n) is 7.70. The molecule has 0 aliphatic carbocycles. The Balaban J connectivity index is 1.81. The molecule has 0 bridgehead atoms. The van der Waals surface area contributed by atoms with Crippen LogP contribution in [0.25, 0.3) is 17.4 Å². The quantitative estimate of drug-likeness (QED) is 0.352. The summed E-state index contributed by atoms with van der Waals surface area (Å²) in [6.45, 7) is 0. The second-order valence-electron chi connectivity index (χ2n) is 5.46. The van der Waals surface area contributed by atoms with E-state index < -0.39 is 11.7 Å². The van der Waals surface area contributed by atoms with Crippen molar-refractivity contribution in [3.05, 3.63) is 80.7 Å². The van der Waals surface area contributed by atoms with Gasteiger partial charge in [0.05, 0.1) is 5.69 Å². The molecule has 1 heterocycles. The van der Waals surface area contributed by atoms with Crippen molar-refractivity contribution in [1.29, 1.82) is 5.26 Å². The van der Waals surface area contributed by atoms with E-state index in [1.54, 1.807) is 18.2 Å². The summed E-state index contributed by atoms with van der Waals surface area (Å²) in [6, 6.07) is 17.0. The van der Waals surface area contributed by atoms with Crippen LogP contribution in [0.3, 0.4) is 0 Å². The molecule has 0 radical (unpaired) electrons. The lowest BCUT2D eigenvalue weighted by Gasteiger charge is -2.05. The van der Waals surface area contributed by atoms with Crippen LogP contribution in [-0.4, -0.2) is 5.91 Å². The SMILES string of the molecule is N#CC(=Cc1ccc(-c2ccc(Br)cc2)o1)C(=O)Nc1ccc(Br)cc1F. The number of nitrogens with zero attached hydrogens (tertiary/aromatic N) is 1. The molecule has 1 amide bonds. The molecule has 0 aliphatic rings. The van der Waals surface area contributed by atoms with Crippen LogP contribution in [-0.2, 0) is 4.79 Å². The van der Waals surface area contributed by atoms with Crippen LogP contribution in [0.2, 0.25) is 0 Å². The molecule has 0 aliphatic heterocycles. The van der Waals surface area contributed by atoms with Crippen molar-refractivity contribution in [2.45, 2.75) is 0 Å². The van der Waals surface area contributed by atoms with Gasteiger partial charge in [0.1, 0.15) is 29.0 Å². The average molecular weight is 490 g/mol. The number of halogens is 3. The first-order valence-corrected chi connectivity index (χ1v) is 9.29. The number of rotatable bonds is 4. The summed E-state index contributed by atoms with van der Waals surface area (Å²) in [5.41, 5.74) is 0.645. The zero-order valence-corrected chi connectivity index (χ0v) is 16.8. The van der Waals surface area contributed by atoms with Crippen molar-refractivity contribution in [3.63, 3.8) is 0 Å². The minimum atomic E-state index is -0.722. The van der Waals surface area contributed by atoms with Crippen molar-refractivity contribution in [1.82, 2.24) is 0 Å². The summed E-state index contributed by atoms with van der Waals surface area (Å²) in [4.78, 5) is 12.3. The maximum Gasteiger partial charge on any atom is 0.266 e.